The molecule has 0 radical (unpaired) electrons. The van der Waals surface area contributed by atoms with Crippen molar-refractivity contribution in [3.05, 3.63) is 64.5 Å². The first-order valence-corrected chi connectivity index (χ1v) is 10.2. The van der Waals surface area contributed by atoms with Gasteiger partial charge in [0, 0.05) is 35.3 Å². The lowest BCUT2D eigenvalue weighted by Crippen LogP contribution is -2.31. The fraction of sp³-hybridized carbons (Fsp3) is 0.333. The van der Waals surface area contributed by atoms with Crippen molar-refractivity contribution in [1.29, 1.82) is 0 Å². The molecule has 1 saturated heterocycles. The highest BCUT2D eigenvalue weighted by Crippen LogP contribution is 2.23. The van der Waals surface area contributed by atoms with Gasteiger partial charge in [-0.1, -0.05) is 51.4 Å². The Labute approximate surface area is 172 Å². The van der Waals surface area contributed by atoms with Crippen molar-refractivity contribution >= 4 is 15.9 Å². The lowest BCUT2D eigenvalue weighted by Gasteiger charge is -2.24. The number of nitrogens with zero attached hydrogens (tertiary/aromatic N) is 3. The average Bonchev–Trinajstić information content (AvgIpc) is 3.36. The third kappa shape index (κ3) is 4.79. The Morgan fingerprint density at radius 2 is 2.04 bits per heavy atom. The van der Waals surface area contributed by atoms with E-state index in [2.05, 4.69) is 31.0 Å². The fourth-order valence-electron chi connectivity index (χ4n) is 3.40. The number of phenols is 1. The maximum atomic E-state index is 10.2. The minimum atomic E-state index is 0.193. The maximum absolute atomic E-state index is 10.2. The highest BCUT2D eigenvalue weighted by molar-refractivity contribution is 9.10. The first kappa shape index (κ1) is 19.1. The van der Waals surface area contributed by atoms with Gasteiger partial charge in [0.05, 0.1) is 12.6 Å². The van der Waals surface area contributed by atoms with Crippen LogP contribution in [0.15, 0.2) is 57.5 Å². The van der Waals surface area contributed by atoms with E-state index >= 15 is 0 Å². The molecular formula is C21H22BrN3O3. The highest BCUT2D eigenvalue weighted by atomic mass is 79.9. The molecule has 1 aliphatic heterocycles. The van der Waals surface area contributed by atoms with Crippen molar-refractivity contribution < 1.29 is 14.4 Å². The van der Waals surface area contributed by atoms with E-state index in [1.54, 1.807) is 6.07 Å². The maximum Gasteiger partial charge on any atom is 0.241 e. The second-order valence-corrected chi connectivity index (χ2v) is 7.87. The predicted octanol–water partition coefficient (Wildman–Crippen LogP) is 4.39. The number of phenolic OH excluding ortho intramolecular Hbond substituents is 1. The lowest BCUT2D eigenvalue weighted by atomic mass is 10.1. The van der Waals surface area contributed by atoms with Gasteiger partial charge >= 0.3 is 0 Å². The van der Waals surface area contributed by atoms with E-state index in [1.807, 2.05) is 42.5 Å². The Balaban J connectivity index is 1.51. The van der Waals surface area contributed by atoms with Crippen LogP contribution < -0.4 is 0 Å². The lowest BCUT2D eigenvalue weighted by molar-refractivity contribution is 0.0637. The fourth-order valence-corrected chi connectivity index (χ4v) is 3.80. The van der Waals surface area contributed by atoms with Crippen molar-refractivity contribution in [2.45, 2.75) is 32.0 Å². The minimum absolute atomic E-state index is 0.193. The second kappa shape index (κ2) is 8.86. The Hall–Kier alpha value is -2.22. The standard InChI is InChI=1S/C21H22BrN3O3/c22-17-7-3-6-15(11-17)21-23-20(28-24-21)14-25(13-18-8-4-10-27-18)12-16-5-1-2-9-19(16)26/h1-3,5-7,9,11,18,26H,4,8,10,12-14H2. The van der Waals surface area contributed by atoms with Crippen molar-refractivity contribution in [3.63, 3.8) is 0 Å². The molecule has 1 atom stereocenters. The van der Waals surface area contributed by atoms with Crippen LogP contribution in [0.2, 0.25) is 0 Å². The van der Waals surface area contributed by atoms with E-state index in [-0.39, 0.29) is 6.10 Å². The van der Waals surface area contributed by atoms with Crippen LogP contribution in [0.5, 0.6) is 5.75 Å². The molecular weight excluding hydrogens is 422 g/mol. The summed E-state index contributed by atoms with van der Waals surface area (Å²) in [6.45, 7) is 2.64. The Bertz CT molecular complexity index is 925. The number of hydrogen-bond acceptors (Lipinski definition) is 6. The van der Waals surface area contributed by atoms with Crippen LogP contribution in [0.4, 0.5) is 0 Å². The normalized spacial score (nSPS) is 16.7. The molecule has 0 bridgehead atoms. The van der Waals surface area contributed by atoms with Gasteiger partial charge in [-0.3, -0.25) is 4.90 Å². The smallest absolute Gasteiger partial charge is 0.241 e. The summed E-state index contributed by atoms with van der Waals surface area (Å²) in [5.41, 5.74) is 1.77. The molecule has 3 aromatic rings. The van der Waals surface area contributed by atoms with Crippen LogP contribution in [-0.2, 0) is 17.8 Å². The van der Waals surface area contributed by atoms with Gasteiger partial charge in [0.2, 0.25) is 11.7 Å². The van der Waals surface area contributed by atoms with Crippen molar-refractivity contribution in [3.8, 4) is 17.1 Å². The summed E-state index contributed by atoms with van der Waals surface area (Å²) < 4.78 is 12.3. The summed E-state index contributed by atoms with van der Waals surface area (Å²) in [5.74, 6) is 1.40. The number of benzene rings is 2. The second-order valence-electron chi connectivity index (χ2n) is 6.96. The molecule has 1 N–H and O–H groups in total. The largest absolute Gasteiger partial charge is 0.508 e. The number of halogens is 1. The van der Waals surface area contributed by atoms with Gasteiger partial charge in [-0.05, 0) is 31.0 Å². The molecule has 2 heterocycles. The number of ether oxygens (including phenoxy) is 1. The summed E-state index contributed by atoms with van der Waals surface area (Å²) in [6.07, 6.45) is 2.32. The van der Waals surface area contributed by atoms with Crippen LogP contribution >= 0.6 is 15.9 Å². The highest BCUT2D eigenvalue weighted by Gasteiger charge is 2.22. The molecule has 1 aliphatic rings. The molecule has 2 aromatic carbocycles. The minimum Gasteiger partial charge on any atom is -0.508 e. The van der Waals surface area contributed by atoms with E-state index in [0.29, 0.717) is 30.6 Å². The zero-order valence-corrected chi connectivity index (χ0v) is 17.0. The molecule has 28 heavy (non-hydrogen) atoms. The first-order valence-electron chi connectivity index (χ1n) is 9.37. The number of aromatic hydroxyl groups is 1. The molecule has 1 aromatic heterocycles. The Morgan fingerprint density at radius 1 is 1.14 bits per heavy atom. The third-order valence-electron chi connectivity index (χ3n) is 4.78. The van der Waals surface area contributed by atoms with E-state index < -0.39 is 0 Å². The summed E-state index contributed by atoms with van der Waals surface area (Å²) in [7, 11) is 0. The van der Waals surface area contributed by atoms with Gasteiger partial charge in [-0.15, -0.1) is 0 Å². The molecule has 146 valence electrons. The van der Waals surface area contributed by atoms with Gasteiger partial charge in [0.25, 0.3) is 0 Å². The molecule has 4 rings (SSSR count). The van der Waals surface area contributed by atoms with Crippen LogP contribution in [0.1, 0.15) is 24.3 Å². The average molecular weight is 444 g/mol. The van der Waals surface area contributed by atoms with E-state index in [4.69, 9.17) is 9.26 Å². The van der Waals surface area contributed by atoms with E-state index in [1.165, 1.54) is 0 Å². The number of rotatable bonds is 7. The topological polar surface area (TPSA) is 71.6 Å². The van der Waals surface area contributed by atoms with Crippen molar-refractivity contribution in [1.82, 2.24) is 15.0 Å². The summed E-state index contributed by atoms with van der Waals surface area (Å²) in [5, 5.41) is 14.3. The van der Waals surface area contributed by atoms with E-state index in [0.717, 1.165) is 41.6 Å². The molecule has 1 fully saturated rings. The molecule has 6 nitrogen and oxygen atoms in total. The summed E-state index contributed by atoms with van der Waals surface area (Å²) in [6, 6.07) is 15.2. The SMILES string of the molecule is Oc1ccccc1CN(Cc1nc(-c2cccc(Br)c2)no1)CC1CCCO1. The summed E-state index contributed by atoms with van der Waals surface area (Å²) in [4.78, 5) is 6.74. The van der Waals surface area contributed by atoms with Crippen molar-refractivity contribution in [2.24, 2.45) is 0 Å². The first-order chi connectivity index (χ1) is 13.7. The van der Waals surface area contributed by atoms with Crippen LogP contribution in [0, 0.1) is 0 Å². The van der Waals surface area contributed by atoms with Crippen LogP contribution in [0.25, 0.3) is 11.4 Å². The van der Waals surface area contributed by atoms with Crippen LogP contribution in [0.3, 0.4) is 0 Å². The molecule has 1 unspecified atom stereocenters. The number of hydrogen-bond donors (Lipinski definition) is 1. The van der Waals surface area contributed by atoms with Crippen molar-refractivity contribution in [2.75, 3.05) is 13.2 Å². The van der Waals surface area contributed by atoms with Gasteiger partial charge in [-0.2, -0.15) is 4.98 Å². The number of aromatic nitrogens is 2. The predicted molar refractivity (Wildman–Crippen MR) is 109 cm³/mol. The monoisotopic (exact) mass is 443 g/mol. The molecule has 7 heteroatoms. The summed E-state index contributed by atoms with van der Waals surface area (Å²) >= 11 is 3.47. The van der Waals surface area contributed by atoms with E-state index in [9.17, 15) is 5.11 Å². The van der Waals surface area contributed by atoms with Gasteiger partial charge < -0.3 is 14.4 Å². The quantitative estimate of drug-likeness (QED) is 0.583. The Morgan fingerprint density at radius 3 is 2.82 bits per heavy atom. The number of para-hydroxylation sites is 1. The molecule has 0 aliphatic carbocycles. The molecule has 0 amide bonds. The zero-order valence-electron chi connectivity index (χ0n) is 15.4. The van der Waals surface area contributed by atoms with Gasteiger partial charge in [-0.25, -0.2) is 0 Å². The third-order valence-corrected chi connectivity index (χ3v) is 5.27. The Kier molecular flexibility index (Phi) is 6.04. The molecule has 0 saturated carbocycles. The van der Waals surface area contributed by atoms with Crippen LogP contribution in [-0.4, -0.2) is 39.4 Å². The van der Waals surface area contributed by atoms with Gasteiger partial charge in [0.1, 0.15) is 5.75 Å². The van der Waals surface area contributed by atoms with Gasteiger partial charge in [0.15, 0.2) is 0 Å². The zero-order chi connectivity index (χ0) is 19.3. The molecule has 0 spiro atoms.